The normalized spacial score (nSPS) is 12.0. The number of carbonyl (C=O) groups is 1. The third kappa shape index (κ3) is 2.43. The van der Waals surface area contributed by atoms with E-state index >= 15 is 0 Å². The molecule has 0 unspecified atom stereocenters. The van der Waals surface area contributed by atoms with E-state index in [1.54, 1.807) is 12.1 Å². The van der Waals surface area contributed by atoms with Crippen LogP contribution >= 0.6 is 0 Å². The number of halogens is 1. The Labute approximate surface area is 146 Å². The van der Waals surface area contributed by atoms with Gasteiger partial charge >= 0.3 is 0 Å². The summed E-state index contributed by atoms with van der Waals surface area (Å²) in [6.45, 7) is 1.34. The number of hydrogen-bond donors (Lipinski definition) is 2. The first-order valence-electron chi connectivity index (χ1n) is 7.73. The van der Waals surface area contributed by atoms with Crippen LogP contribution in [0.15, 0.2) is 48.8 Å². The Morgan fingerprint density at radius 2 is 2.00 bits per heavy atom. The Kier molecular flexibility index (Phi) is 3.53. The van der Waals surface area contributed by atoms with Gasteiger partial charge in [0.05, 0.1) is 17.3 Å². The fourth-order valence-corrected chi connectivity index (χ4v) is 2.80. The Hall–Kier alpha value is -3.23. The van der Waals surface area contributed by atoms with E-state index in [1.165, 1.54) is 37.5 Å². The molecule has 3 heterocycles. The van der Waals surface area contributed by atoms with Gasteiger partial charge in [0.15, 0.2) is 11.4 Å². The van der Waals surface area contributed by atoms with Gasteiger partial charge < -0.3 is 10.2 Å². The van der Waals surface area contributed by atoms with E-state index in [0.29, 0.717) is 16.6 Å². The van der Waals surface area contributed by atoms with Crippen molar-refractivity contribution >= 4 is 22.3 Å². The van der Waals surface area contributed by atoms with Crippen LogP contribution in [-0.4, -0.2) is 35.6 Å². The number of aromatic nitrogens is 4. The molecule has 0 fully saturated rings. The molecule has 26 heavy (non-hydrogen) atoms. The zero-order valence-electron chi connectivity index (χ0n) is 13.6. The maximum absolute atomic E-state index is 14.6. The van der Waals surface area contributed by atoms with E-state index in [2.05, 4.69) is 15.1 Å². The molecule has 0 spiro atoms. The molecule has 0 aliphatic heterocycles. The van der Waals surface area contributed by atoms with Gasteiger partial charge in [-0.2, -0.15) is 5.10 Å². The molecule has 3 aromatic heterocycles. The summed E-state index contributed by atoms with van der Waals surface area (Å²) in [5.74, 6) is -3.84. The minimum absolute atomic E-state index is 0.121. The van der Waals surface area contributed by atoms with Crippen molar-refractivity contribution in [2.24, 2.45) is 0 Å². The van der Waals surface area contributed by atoms with Crippen LogP contribution in [0.25, 0.3) is 16.6 Å². The Balaban J connectivity index is 1.94. The van der Waals surface area contributed by atoms with Crippen LogP contribution in [0.5, 0.6) is 0 Å². The Bertz CT molecular complexity index is 1170. The number of hydrogen-bond acceptors (Lipinski definition) is 6. The number of rotatable bonds is 3. The van der Waals surface area contributed by atoms with Gasteiger partial charge in [0.2, 0.25) is 5.79 Å². The second kappa shape index (κ2) is 5.65. The summed E-state index contributed by atoms with van der Waals surface area (Å²) < 4.78 is 15.7. The Morgan fingerprint density at radius 1 is 1.19 bits per heavy atom. The second-order valence-corrected chi connectivity index (χ2v) is 5.89. The highest BCUT2D eigenvalue weighted by Gasteiger charge is 2.36. The lowest BCUT2D eigenvalue weighted by Crippen LogP contribution is -2.30. The van der Waals surface area contributed by atoms with E-state index in [1.807, 2.05) is 0 Å². The van der Waals surface area contributed by atoms with Crippen molar-refractivity contribution in [3.05, 3.63) is 71.6 Å². The molecule has 0 atom stereocenters. The van der Waals surface area contributed by atoms with Crippen LogP contribution in [-0.2, 0) is 5.79 Å². The quantitative estimate of drug-likeness (QED) is 0.431. The molecule has 0 saturated heterocycles. The molecule has 0 amide bonds. The number of nitrogens with zero attached hydrogens (tertiary/aromatic N) is 4. The molecule has 2 N–H and O–H groups in total. The zero-order valence-corrected chi connectivity index (χ0v) is 13.6. The first-order chi connectivity index (χ1) is 12.4. The topological polar surface area (TPSA) is 101 Å². The van der Waals surface area contributed by atoms with Crippen molar-refractivity contribution in [1.82, 2.24) is 19.6 Å². The summed E-state index contributed by atoms with van der Waals surface area (Å²) in [5, 5.41) is 26.1. The summed E-state index contributed by atoms with van der Waals surface area (Å²) in [7, 11) is 0. The molecule has 0 radical (unpaired) electrons. The number of aliphatic hydroxyl groups is 2. The molecule has 0 saturated carbocycles. The highest BCUT2D eigenvalue weighted by molar-refractivity contribution is 5.92. The summed E-state index contributed by atoms with van der Waals surface area (Å²) >= 11 is 0. The Morgan fingerprint density at radius 3 is 2.77 bits per heavy atom. The van der Waals surface area contributed by atoms with E-state index in [0.717, 1.165) is 10.6 Å². The van der Waals surface area contributed by atoms with Gasteiger partial charge in [-0.25, -0.2) is 13.9 Å². The third-order valence-corrected chi connectivity index (χ3v) is 4.15. The number of imidazole rings is 1. The second-order valence-electron chi connectivity index (χ2n) is 5.89. The lowest BCUT2D eigenvalue weighted by atomic mass is 10.00. The van der Waals surface area contributed by atoms with E-state index in [9.17, 15) is 19.4 Å². The van der Waals surface area contributed by atoms with Gasteiger partial charge in [-0.1, -0.05) is 6.07 Å². The first-order valence-corrected chi connectivity index (χ1v) is 7.73. The number of benzene rings is 1. The molecule has 1 aromatic carbocycles. The molecular weight excluding hydrogens is 339 g/mol. The maximum Gasteiger partial charge on any atom is 0.239 e. The van der Waals surface area contributed by atoms with Gasteiger partial charge in [-0.3, -0.25) is 9.78 Å². The number of pyridine rings is 1. The highest BCUT2D eigenvalue weighted by Crippen LogP contribution is 2.31. The molecular formula is C18H13FN4O3. The summed E-state index contributed by atoms with van der Waals surface area (Å²) in [4.78, 5) is 19.6. The average Bonchev–Trinajstić information content (AvgIpc) is 3.04. The third-order valence-electron chi connectivity index (χ3n) is 4.15. The molecule has 4 aromatic rings. The molecule has 8 heteroatoms. The first kappa shape index (κ1) is 16.2. The summed E-state index contributed by atoms with van der Waals surface area (Å²) in [5.41, 5.74) is 0.253. The van der Waals surface area contributed by atoms with Gasteiger partial charge in [0.1, 0.15) is 17.2 Å². The number of Topliss-reactive ketones (excluding diaryl/α,β-unsaturated/α-hetero) is 1. The minimum atomic E-state index is -2.71. The number of carbonyl (C=O) groups excluding carboxylic acids is 1. The molecule has 130 valence electrons. The monoisotopic (exact) mass is 352 g/mol. The van der Waals surface area contributed by atoms with Crippen LogP contribution in [0.4, 0.5) is 4.39 Å². The molecule has 0 aliphatic rings. The molecule has 0 bridgehead atoms. The lowest BCUT2D eigenvalue weighted by molar-refractivity contribution is -0.138. The number of ketones is 1. The largest absolute Gasteiger partial charge is 0.357 e. The van der Waals surface area contributed by atoms with Crippen LogP contribution in [0.3, 0.4) is 0 Å². The van der Waals surface area contributed by atoms with Crippen molar-refractivity contribution in [3.63, 3.8) is 0 Å². The SMILES string of the molecule is CC(=O)c1ccc2ncc(C(O)(O)c3cc4cccnc4cc3F)n2n1. The van der Waals surface area contributed by atoms with E-state index in [-0.39, 0.29) is 22.7 Å². The summed E-state index contributed by atoms with van der Waals surface area (Å²) in [6, 6.07) is 8.78. The standard InChI is InChI=1S/C18H13FN4O3/c1-10(24)14-4-5-17-21-9-16(23(17)22-14)18(25,26)12-7-11-3-2-6-20-15(11)8-13(12)19/h2-9,25-26H,1H3. The van der Waals surface area contributed by atoms with Crippen molar-refractivity contribution in [3.8, 4) is 0 Å². The van der Waals surface area contributed by atoms with Crippen molar-refractivity contribution in [2.45, 2.75) is 12.7 Å². The molecule has 0 aliphatic carbocycles. The maximum atomic E-state index is 14.6. The van der Waals surface area contributed by atoms with Crippen molar-refractivity contribution in [2.75, 3.05) is 0 Å². The van der Waals surface area contributed by atoms with Gasteiger partial charge in [-0.15, -0.1) is 0 Å². The smallest absolute Gasteiger partial charge is 0.239 e. The minimum Gasteiger partial charge on any atom is -0.357 e. The van der Waals surface area contributed by atoms with Crippen LogP contribution in [0.1, 0.15) is 28.7 Å². The fourth-order valence-electron chi connectivity index (χ4n) is 2.80. The fraction of sp³-hybridized carbons (Fsp3) is 0.111. The summed E-state index contributed by atoms with van der Waals surface area (Å²) in [6.07, 6.45) is 2.70. The zero-order chi connectivity index (χ0) is 18.5. The van der Waals surface area contributed by atoms with Crippen LogP contribution in [0.2, 0.25) is 0 Å². The van der Waals surface area contributed by atoms with Gasteiger partial charge in [-0.05, 0) is 24.3 Å². The number of fused-ring (bicyclic) bond motifs is 2. The van der Waals surface area contributed by atoms with Crippen LogP contribution in [0, 0.1) is 5.82 Å². The van der Waals surface area contributed by atoms with Crippen molar-refractivity contribution in [1.29, 1.82) is 0 Å². The highest BCUT2D eigenvalue weighted by atomic mass is 19.1. The van der Waals surface area contributed by atoms with Gasteiger partial charge in [0, 0.05) is 24.6 Å². The van der Waals surface area contributed by atoms with Crippen LogP contribution < -0.4 is 0 Å². The van der Waals surface area contributed by atoms with E-state index in [4.69, 9.17) is 0 Å². The average molecular weight is 352 g/mol. The molecule has 4 rings (SSSR count). The predicted molar refractivity (Wildman–Crippen MR) is 89.9 cm³/mol. The predicted octanol–water partition coefficient (Wildman–Crippen LogP) is 1.80. The van der Waals surface area contributed by atoms with E-state index < -0.39 is 11.6 Å². The van der Waals surface area contributed by atoms with Crippen molar-refractivity contribution < 1.29 is 19.4 Å². The lowest BCUT2D eigenvalue weighted by Gasteiger charge is -2.22. The van der Waals surface area contributed by atoms with Gasteiger partial charge in [0.25, 0.3) is 0 Å². The molecule has 7 nitrogen and oxygen atoms in total.